The first-order valence-corrected chi connectivity index (χ1v) is 5.09. The van der Waals surface area contributed by atoms with E-state index in [1.807, 2.05) is 0 Å². The van der Waals surface area contributed by atoms with Crippen LogP contribution in [0.1, 0.15) is 11.7 Å². The van der Waals surface area contributed by atoms with Gasteiger partial charge in [-0.1, -0.05) is 6.07 Å². The highest BCUT2D eigenvalue weighted by atomic mass is 19.4. The van der Waals surface area contributed by atoms with Crippen LogP contribution in [0.25, 0.3) is 0 Å². The zero-order valence-electron chi connectivity index (χ0n) is 10.1. The molecule has 0 aliphatic heterocycles. The molecule has 1 aromatic rings. The van der Waals surface area contributed by atoms with E-state index in [1.165, 1.54) is 31.1 Å². The first-order valence-electron chi connectivity index (χ1n) is 5.09. The maximum absolute atomic E-state index is 12.3. The minimum absolute atomic E-state index is 0.110. The smallest absolute Gasteiger partial charge is 0.479 e. The molecular weight excluding hydrogens is 267 g/mol. The summed E-state index contributed by atoms with van der Waals surface area (Å²) in [5, 5.41) is 17.9. The summed E-state index contributed by atoms with van der Waals surface area (Å²) in [6.45, 7) is 0. The number of hydrogen-bond donors (Lipinski definition) is 2. The third-order valence-corrected chi connectivity index (χ3v) is 2.24. The Kier molecular flexibility index (Phi) is 4.25. The van der Waals surface area contributed by atoms with Gasteiger partial charge >= 0.3 is 12.3 Å². The molecule has 0 spiro atoms. The highest BCUT2D eigenvalue weighted by Crippen LogP contribution is 2.34. The number of ether oxygens (including phenoxy) is 1. The number of nitrogens with zero attached hydrogens (tertiary/aromatic N) is 1. The van der Waals surface area contributed by atoms with E-state index in [0.29, 0.717) is 0 Å². The molecule has 19 heavy (non-hydrogen) atoms. The molecule has 106 valence electrons. The number of aliphatic hydroxyl groups is 1. The Morgan fingerprint density at radius 3 is 2.37 bits per heavy atom. The zero-order chi connectivity index (χ0) is 14.8. The number of alkyl halides is 3. The van der Waals surface area contributed by atoms with Gasteiger partial charge in [0.05, 0.1) is 5.69 Å². The summed E-state index contributed by atoms with van der Waals surface area (Å²) in [6.07, 6.45) is -6.82. The third-order valence-electron chi connectivity index (χ3n) is 2.24. The lowest BCUT2D eigenvalue weighted by molar-refractivity contribution is -0.274. The Balaban J connectivity index is 3.22. The molecule has 0 aliphatic rings. The number of carbonyl (C=O) groups is 1. The van der Waals surface area contributed by atoms with Crippen LogP contribution in [0.3, 0.4) is 0 Å². The van der Waals surface area contributed by atoms with Crippen molar-refractivity contribution in [3.8, 4) is 5.75 Å². The Morgan fingerprint density at radius 2 is 1.95 bits per heavy atom. The summed E-state index contributed by atoms with van der Waals surface area (Å²) in [5.41, 5.74) is -0.0870. The van der Waals surface area contributed by atoms with Gasteiger partial charge in [-0.3, -0.25) is 0 Å². The van der Waals surface area contributed by atoms with Crippen LogP contribution in [0.5, 0.6) is 5.75 Å². The average Bonchev–Trinajstić information content (AvgIpc) is 2.25. The molecule has 0 radical (unpaired) electrons. The number of hydrogen-bond acceptors (Lipinski definition) is 4. The van der Waals surface area contributed by atoms with Crippen LogP contribution in [-0.2, 0) is 4.79 Å². The predicted molar refractivity (Wildman–Crippen MR) is 60.0 cm³/mol. The van der Waals surface area contributed by atoms with Crippen molar-refractivity contribution >= 4 is 11.7 Å². The summed E-state index contributed by atoms with van der Waals surface area (Å²) >= 11 is 0. The zero-order valence-corrected chi connectivity index (χ0v) is 10.1. The van der Waals surface area contributed by atoms with Gasteiger partial charge in [0, 0.05) is 14.1 Å². The Morgan fingerprint density at radius 1 is 1.37 bits per heavy atom. The van der Waals surface area contributed by atoms with E-state index in [0.717, 1.165) is 6.07 Å². The molecule has 0 saturated heterocycles. The van der Waals surface area contributed by atoms with Crippen LogP contribution in [0.15, 0.2) is 18.2 Å². The third kappa shape index (κ3) is 4.02. The van der Waals surface area contributed by atoms with Crippen LogP contribution in [0.4, 0.5) is 18.9 Å². The van der Waals surface area contributed by atoms with Gasteiger partial charge in [-0.25, -0.2) is 4.79 Å². The molecule has 2 N–H and O–H groups in total. The molecule has 5 nitrogen and oxygen atoms in total. The fraction of sp³-hybridized carbons (Fsp3) is 0.364. The summed E-state index contributed by atoms with van der Waals surface area (Å²) in [7, 11) is 3.01. The SMILES string of the molecule is CN(C)c1ccc(C(O)C(=O)O)cc1OC(F)(F)F. The first kappa shape index (κ1) is 15.1. The topological polar surface area (TPSA) is 70.0 Å². The average molecular weight is 279 g/mol. The van der Waals surface area contributed by atoms with Crippen molar-refractivity contribution in [3.63, 3.8) is 0 Å². The van der Waals surface area contributed by atoms with Gasteiger partial charge in [0.2, 0.25) is 0 Å². The van der Waals surface area contributed by atoms with Gasteiger partial charge in [-0.15, -0.1) is 13.2 Å². The van der Waals surface area contributed by atoms with E-state index in [4.69, 9.17) is 5.11 Å². The molecule has 1 rings (SSSR count). The molecule has 1 aromatic carbocycles. The number of aliphatic carboxylic acids is 1. The lowest BCUT2D eigenvalue weighted by atomic mass is 10.1. The second-order valence-electron chi connectivity index (χ2n) is 3.91. The molecule has 0 fully saturated rings. The molecule has 1 unspecified atom stereocenters. The van der Waals surface area contributed by atoms with Crippen LogP contribution < -0.4 is 9.64 Å². The molecular formula is C11H12F3NO4. The number of aliphatic hydroxyl groups excluding tert-OH is 1. The van der Waals surface area contributed by atoms with Crippen LogP contribution in [-0.4, -0.2) is 36.6 Å². The van der Waals surface area contributed by atoms with E-state index in [9.17, 15) is 23.1 Å². The van der Waals surface area contributed by atoms with Gasteiger partial charge < -0.3 is 19.8 Å². The standard InChI is InChI=1S/C11H12F3NO4/c1-15(2)7-4-3-6(9(16)10(17)18)5-8(7)19-11(12,13)14/h3-5,9,16H,1-2H3,(H,17,18). The van der Waals surface area contributed by atoms with Crippen LogP contribution >= 0.6 is 0 Å². The second-order valence-corrected chi connectivity index (χ2v) is 3.91. The van der Waals surface area contributed by atoms with Crippen molar-refractivity contribution in [2.24, 2.45) is 0 Å². The van der Waals surface area contributed by atoms with E-state index < -0.39 is 24.2 Å². The Hall–Kier alpha value is -1.96. The minimum atomic E-state index is -4.91. The lowest BCUT2D eigenvalue weighted by Gasteiger charge is -2.20. The molecule has 0 saturated carbocycles. The van der Waals surface area contributed by atoms with Crippen molar-refractivity contribution in [2.45, 2.75) is 12.5 Å². The first-order chi connectivity index (χ1) is 8.61. The normalized spacial score (nSPS) is 12.9. The maximum atomic E-state index is 12.3. The van der Waals surface area contributed by atoms with E-state index >= 15 is 0 Å². The minimum Gasteiger partial charge on any atom is -0.479 e. The molecule has 0 bridgehead atoms. The summed E-state index contributed by atoms with van der Waals surface area (Å²) < 4.78 is 40.6. The van der Waals surface area contributed by atoms with Crippen molar-refractivity contribution < 1.29 is 32.9 Å². The van der Waals surface area contributed by atoms with Gasteiger partial charge in [0.25, 0.3) is 0 Å². The Labute approximate surface area is 106 Å². The number of rotatable bonds is 4. The Bertz CT molecular complexity index is 473. The van der Waals surface area contributed by atoms with Gasteiger partial charge in [-0.2, -0.15) is 0 Å². The predicted octanol–water partition coefficient (Wildman–Crippen LogP) is 1.77. The van der Waals surface area contributed by atoms with Crippen molar-refractivity contribution in [1.82, 2.24) is 0 Å². The van der Waals surface area contributed by atoms with Crippen molar-refractivity contribution in [2.75, 3.05) is 19.0 Å². The van der Waals surface area contributed by atoms with Crippen molar-refractivity contribution in [1.29, 1.82) is 0 Å². The molecule has 0 amide bonds. The molecule has 0 heterocycles. The number of carboxylic acid groups (broad SMARTS) is 1. The lowest BCUT2D eigenvalue weighted by Crippen LogP contribution is -2.20. The van der Waals surface area contributed by atoms with Gasteiger partial charge in [0.15, 0.2) is 11.9 Å². The molecule has 8 heteroatoms. The van der Waals surface area contributed by atoms with Gasteiger partial charge in [-0.05, 0) is 17.7 Å². The van der Waals surface area contributed by atoms with Crippen LogP contribution in [0, 0.1) is 0 Å². The largest absolute Gasteiger partial charge is 0.573 e. The molecule has 0 aromatic heterocycles. The number of carboxylic acids is 1. The highest BCUT2D eigenvalue weighted by Gasteiger charge is 2.33. The summed E-state index contributed by atoms with van der Waals surface area (Å²) in [5.74, 6) is -2.13. The fourth-order valence-corrected chi connectivity index (χ4v) is 1.42. The summed E-state index contributed by atoms with van der Waals surface area (Å²) in [4.78, 5) is 12.0. The highest BCUT2D eigenvalue weighted by molar-refractivity contribution is 5.75. The quantitative estimate of drug-likeness (QED) is 0.879. The molecule has 0 aliphatic carbocycles. The monoisotopic (exact) mass is 279 g/mol. The number of halogens is 3. The van der Waals surface area contributed by atoms with Crippen LogP contribution in [0.2, 0.25) is 0 Å². The maximum Gasteiger partial charge on any atom is 0.573 e. The van der Waals surface area contributed by atoms with E-state index in [-0.39, 0.29) is 11.3 Å². The van der Waals surface area contributed by atoms with Gasteiger partial charge in [0.1, 0.15) is 0 Å². The fourth-order valence-electron chi connectivity index (χ4n) is 1.42. The van der Waals surface area contributed by atoms with E-state index in [1.54, 1.807) is 0 Å². The molecule has 1 atom stereocenters. The number of anilines is 1. The van der Waals surface area contributed by atoms with E-state index in [2.05, 4.69) is 4.74 Å². The van der Waals surface area contributed by atoms with Crippen molar-refractivity contribution in [3.05, 3.63) is 23.8 Å². The second kappa shape index (κ2) is 5.35. The number of benzene rings is 1. The summed E-state index contributed by atoms with van der Waals surface area (Å²) in [6, 6.07) is 3.31.